The Bertz CT molecular complexity index is 1250. The van der Waals surface area contributed by atoms with Gasteiger partial charge in [0.1, 0.15) is 5.69 Å². The average molecular weight is 401 g/mol. The van der Waals surface area contributed by atoms with Crippen molar-refractivity contribution in [2.45, 2.75) is 0 Å². The van der Waals surface area contributed by atoms with E-state index in [1.54, 1.807) is 0 Å². The first kappa shape index (κ1) is 15.2. The number of fused-ring (bicyclic) bond motifs is 3. The number of hydrogen-bond acceptors (Lipinski definition) is 3. The van der Waals surface area contributed by atoms with Gasteiger partial charge in [-0.2, -0.15) is 0 Å². The van der Waals surface area contributed by atoms with E-state index >= 15 is 0 Å². The summed E-state index contributed by atoms with van der Waals surface area (Å²) in [7, 11) is 0. The summed E-state index contributed by atoms with van der Waals surface area (Å²) in [5.74, 6) is 0.795. The largest absolute Gasteiger partial charge is 0.271 e. The van der Waals surface area contributed by atoms with Crippen molar-refractivity contribution < 1.29 is 0 Å². The average Bonchev–Trinajstić information content (AvgIpc) is 3.14. The number of para-hydroxylation sites is 2. The Morgan fingerprint density at radius 2 is 1.46 bits per heavy atom. The molecule has 5 heteroatoms. The van der Waals surface area contributed by atoms with Crippen LogP contribution in [0.15, 0.2) is 83.3 Å². The van der Waals surface area contributed by atoms with Crippen molar-refractivity contribution in [3.05, 3.63) is 83.3 Å². The van der Waals surface area contributed by atoms with Crippen LogP contribution in [0, 0.1) is 0 Å². The van der Waals surface area contributed by atoms with Crippen LogP contribution in [0.25, 0.3) is 39.3 Å². The molecule has 0 spiro atoms. The second-order valence-electron chi connectivity index (χ2n) is 5.98. The van der Waals surface area contributed by atoms with Crippen molar-refractivity contribution in [1.82, 2.24) is 19.6 Å². The van der Waals surface area contributed by atoms with E-state index in [0.29, 0.717) is 0 Å². The molecule has 0 saturated heterocycles. The molecule has 0 aliphatic carbocycles. The fraction of sp³-hybridized carbons (Fsp3) is 0. The third-order valence-corrected chi connectivity index (χ3v) is 5.08. The highest BCUT2D eigenvalue weighted by Gasteiger charge is 2.18. The predicted molar refractivity (Wildman–Crippen MR) is 107 cm³/mol. The molecule has 4 nitrogen and oxygen atoms in total. The number of aromatic nitrogens is 4. The Hall–Kier alpha value is -3.05. The minimum Gasteiger partial charge on any atom is -0.271 e. The summed E-state index contributed by atoms with van der Waals surface area (Å²) in [5, 5.41) is 9.00. The topological polar surface area (TPSA) is 43.1 Å². The zero-order valence-electron chi connectivity index (χ0n) is 13.7. The van der Waals surface area contributed by atoms with E-state index in [9.17, 15) is 0 Å². The van der Waals surface area contributed by atoms with Crippen LogP contribution in [0.5, 0.6) is 0 Å². The smallest absolute Gasteiger partial charge is 0.188 e. The molecule has 124 valence electrons. The van der Waals surface area contributed by atoms with Gasteiger partial charge in [-0.3, -0.25) is 4.40 Å². The Kier molecular flexibility index (Phi) is 3.53. The van der Waals surface area contributed by atoms with Gasteiger partial charge in [0.25, 0.3) is 0 Å². The first-order valence-electron chi connectivity index (χ1n) is 8.27. The lowest BCUT2D eigenvalue weighted by atomic mass is 10.1. The van der Waals surface area contributed by atoms with Gasteiger partial charge in [0.2, 0.25) is 0 Å². The first-order valence-corrected chi connectivity index (χ1v) is 9.06. The van der Waals surface area contributed by atoms with Gasteiger partial charge in [0.15, 0.2) is 11.5 Å². The van der Waals surface area contributed by atoms with Crippen LogP contribution in [-0.4, -0.2) is 19.6 Å². The molecule has 0 atom stereocenters. The van der Waals surface area contributed by atoms with E-state index < -0.39 is 0 Å². The van der Waals surface area contributed by atoms with Gasteiger partial charge in [-0.25, -0.2) is 4.98 Å². The molecular formula is C21H13BrN4. The van der Waals surface area contributed by atoms with Gasteiger partial charge in [0, 0.05) is 15.6 Å². The number of rotatable bonds is 2. The number of hydrogen-bond donors (Lipinski definition) is 0. The SMILES string of the molecule is Brc1ccccc1-c1nnc2c(-c3ccccc3)nc3ccccc3n12. The van der Waals surface area contributed by atoms with Gasteiger partial charge in [-0.15, -0.1) is 10.2 Å². The second-order valence-corrected chi connectivity index (χ2v) is 6.83. The first-order chi connectivity index (χ1) is 12.8. The molecule has 3 aromatic carbocycles. The van der Waals surface area contributed by atoms with E-state index in [1.807, 2.05) is 78.9 Å². The second kappa shape index (κ2) is 6.04. The summed E-state index contributed by atoms with van der Waals surface area (Å²) in [6, 6.07) is 26.2. The van der Waals surface area contributed by atoms with Crippen molar-refractivity contribution in [2.75, 3.05) is 0 Å². The molecule has 2 aromatic heterocycles. The van der Waals surface area contributed by atoms with E-state index in [0.717, 1.165) is 43.8 Å². The van der Waals surface area contributed by atoms with Gasteiger partial charge >= 0.3 is 0 Å². The third kappa shape index (κ3) is 2.32. The quantitative estimate of drug-likeness (QED) is 0.399. The van der Waals surface area contributed by atoms with Gasteiger partial charge in [0.05, 0.1) is 11.0 Å². The molecule has 2 heterocycles. The summed E-state index contributed by atoms with van der Waals surface area (Å²) in [6.07, 6.45) is 0. The number of nitrogens with zero attached hydrogens (tertiary/aromatic N) is 4. The molecule has 0 radical (unpaired) electrons. The van der Waals surface area contributed by atoms with E-state index in [1.165, 1.54) is 0 Å². The predicted octanol–water partition coefficient (Wildman–Crippen LogP) is 5.37. The maximum atomic E-state index is 4.87. The zero-order chi connectivity index (χ0) is 17.5. The Morgan fingerprint density at radius 1 is 0.731 bits per heavy atom. The summed E-state index contributed by atoms with van der Waals surface area (Å²) in [4.78, 5) is 4.87. The third-order valence-electron chi connectivity index (χ3n) is 4.39. The minimum atomic E-state index is 0.751. The monoisotopic (exact) mass is 400 g/mol. The molecule has 0 aliphatic heterocycles. The summed E-state index contributed by atoms with van der Waals surface area (Å²) in [5.41, 5.74) is 5.49. The van der Waals surface area contributed by atoms with E-state index in [-0.39, 0.29) is 0 Å². The highest BCUT2D eigenvalue weighted by molar-refractivity contribution is 9.10. The van der Waals surface area contributed by atoms with Crippen molar-refractivity contribution in [3.8, 4) is 22.6 Å². The highest BCUT2D eigenvalue weighted by Crippen LogP contribution is 2.32. The molecule has 0 saturated carbocycles. The van der Waals surface area contributed by atoms with Crippen LogP contribution in [0.1, 0.15) is 0 Å². The number of halogens is 1. The van der Waals surface area contributed by atoms with Crippen molar-refractivity contribution in [1.29, 1.82) is 0 Å². The van der Waals surface area contributed by atoms with Crippen LogP contribution in [0.2, 0.25) is 0 Å². The molecular weight excluding hydrogens is 388 g/mol. The maximum absolute atomic E-state index is 4.87. The van der Waals surface area contributed by atoms with Crippen molar-refractivity contribution in [3.63, 3.8) is 0 Å². The Labute approximate surface area is 158 Å². The summed E-state index contributed by atoms with van der Waals surface area (Å²) in [6.45, 7) is 0. The molecule has 0 amide bonds. The van der Waals surface area contributed by atoms with Gasteiger partial charge in [-0.1, -0.05) is 76.6 Å². The van der Waals surface area contributed by atoms with Crippen LogP contribution < -0.4 is 0 Å². The Morgan fingerprint density at radius 3 is 2.31 bits per heavy atom. The molecule has 0 bridgehead atoms. The molecule has 0 aliphatic rings. The van der Waals surface area contributed by atoms with Crippen molar-refractivity contribution in [2.24, 2.45) is 0 Å². The maximum Gasteiger partial charge on any atom is 0.188 e. The van der Waals surface area contributed by atoms with Gasteiger partial charge in [-0.05, 0) is 18.2 Å². The van der Waals surface area contributed by atoms with E-state index in [4.69, 9.17) is 4.98 Å². The molecule has 0 unspecified atom stereocenters. The lowest BCUT2D eigenvalue weighted by molar-refractivity contribution is 1.11. The fourth-order valence-corrected chi connectivity index (χ4v) is 3.65. The minimum absolute atomic E-state index is 0.751. The summed E-state index contributed by atoms with van der Waals surface area (Å²) >= 11 is 3.63. The molecule has 0 N–H and O–H groups in total. The molecule has 5 aromatic rings. The summed E-state index contributed by atoms with van der Waals surface area (Å²) < 4.78 is 3.07. The molecule has 5 rings (SSSR count). The fourth-order valence-electron chi connectivity index (χ4n) is 3.19. The van der Waals surface area contributed by atoms with Gasteiger partial charge < -0.3 is 0 Å². The molecule has 26 heavy (non-hydrogen) atoms. The Balaban J connectivity index is 1.94. The molecule has 0 fully saturated rings. The van der Waals surface area contributed by atoms with Crippen LogP contribution in [-0.2, 0) is 0 Å². The lowest BCUT2D eigenvalue weighted by Gasteiger charge is -2.09. The van der Waals surface area contributed by atoms with Crippen LogP contribution in [0.3, 0.4) is 0 Å². The lowest BCUT2D eigenvalue weighted by Crippen LogP contribution is -1.98. The normalized spacial score (nSPS) is 11.3. The van der Waals surface area contributed by atoms with E-state index in [2.05, 4.69) is 30.5 Å². The van der Waals surface area contributed by atoms with Crippen LogP contribution >= 0.6 is 15.9 Å². The van der Waals surface area contributed by atoms with Crippen molar-refractivity contribution >= 4 is 32.6 Å². The standard InChI is InChI=1S/C21H13BrN4/c22-16-11-5-4-10-15(16)20-24-25-21-19(14-8-2-1-3-9-14)23-17-12-6-7-13-18(17)26(20)21/h1-13H. The highest BCUT2D eigenvalue weighted by atomic mass is 79.9. The number of benzene rings is 3. The zero-order valence-corrected chi connectivity index (χ0v) is 15.3. The van der Waals surface area contributed by atoms with Crippen LogP contribution in [0.4, 0.5) is 0 Å².